The van der Waals surface area contributed by atoms with Crippen LogP contribution in [-0.2, 0) is 26.2 Å². The van der Waals surface area contributed by atoms with E-state index in [4.69, 9.17) is 32.7 Å². The van der Waals surface area contributed by atoms with Gasteiger partial charge in [0.2, 0.25) is 11.8 Å². The van der Waals surface area contributed by atoms with E-state index in [1.807, 2.05) is 6.92 Å². The molecule has 0 heterocycles. The summed E-state index contributed by atoms with van der Waals surface area (Å²) in [6.07, 6.45) is 5.29. The van der Waals surface area contributed by atoms with Crippen LogP contribution in [-0.4, -0.2) is 58.0 Å². The van der Waals surface area contributed by atoms with Crippen molar-refractivity contribution in [2.45, 2.75) is 69.0 Å². The van der Waals surface area contributed by atoms with Gasteiger partial charge in [0.1, 0.15) is 12.6 Å². The van der Waals surface area contributed by atoms with Crippen LogP contribution in [0.15, 0.2) is 71.6 Å². The van der Waals surface area contributed by atoms with Gasteiger partial charge in [0.25, 0.3) is 10.0 Å². The van der Waals surface area contributed by atoms with Crippen LogP contribution in [0.25, 0.3) is 0 Å². The molecule has 0 aromatic heterocycles. The fraction of sp³-hybridized carbons (Fsp3) is 0.394. The Hall–Kier alpha value is -3.47. The van der Waals surface area contributed by atoms with Crippen molar-refractivity contribution < 1.29 is 27.5 Å². The van der Waals surface area contributed by atoms with Gasteiger partial charge in [-0.25, -0.2) is 8.42 Å². The first-order valence-electron chi connectivity index (χ1n) is 14.9. The first kappa shape index (κ1) is 34.4. The predicted molar refractivity (Wildman–Crippen MR) is 177 cm³/mol. The van der Waals surface area contributed by atoms with Gasteiger partial charge in [-0.1, -0.05) is 67.6 Å². The molecule has 0 aliphatic heterocycles. The van der Waals surface area contributed by atoms with Gasteiger partial charge in [-0.2, -0.15) is 0 Å². The normalized spacial score (nSPS) is 14.3. The quantitative estimate of drug-likeness (QED) is 0.223. The average Bonchev–Trinajstić information content (AvgIpc) is 3.04. The molecule has 1 atom stereocenters. The number of ether oxygens (including phenoxy) is 2. The highest BCUT2D eigenvalue weighted by atomic mass is 35.5. The number of halogens is 2. The van der Waals surface area contributed by atoms with Gasteiger partial charge in [0, 0.05) is 28.7 Å². The van der Waals surface area contributed by atoms with Crippen molar-refractivity contribution >= 4 is 50.7 Å². The molecule has 0 unspecified atom stereocenters. The fourth-order valence-corrected chi connectivity index (χ4v) is 7.27. The number of methoxy groups -OCH3 is 2. The van der Waals surface area contributed by atoms with Gasteiger partial charge in [0.15, 0.2) is 11.5 Å². The Labute approximate surface area is 275 Å². The molecule has 0 bridgehead atoms. The molecule has 0 radical (unpaired) electrons. The molecule has 12 heteroatoms. The number of carbonyl (C=O) groups is 2. The number of rotatable bonds is 13. The molecule has 1 aliphatic carbocycles. The standard InChI is InChI=1S/C33H39Cl2N3O6S/c1-4-29(33(40)36-25-11-6-5-7-12-25)37(21-23-10-8-9-13-28(23)35)32(39)22-38(26-16-14-24(34)15-17-26)45(41,42)27-18-19-30(43-2)31(20-27)44-3/h8-10,13-20,25,29H,4-7,11-12,21-22H2,1-3H3,(H,36,40)/t29-/m1/s1. The van der Waals surface area contributed by atoms with Gasteiger partial charge in [-0.3, -0.25) is 13.9 Å². The minimum absolute atomic E-state index is 0.0139. The number of nitrogens with one attached hydrogen (secondary N) is 1. The second-order valence-corrected chi connectivity index (χ2v) is 13.6. The molecule has 3 aromatic carbocycles. The second-order valence-electron chi connectivity index (χ2n) is 10.9. The first-order valence-corrected chi connectivity index (χ1v) is 17.1. The van der Waals surface area contributed by atoms with E-state index in [0.29, 0.717) is 27.8 Å². The first-order chi connectivity index (χ1) is 21.6. The van der Waals surface area contributed by atoms with Gasteiger partial charge in [-0.05, 0) is 67.3 Å². The van der Waals surface area contributed by atoms with Gasteiger partial charge < -0.3 is 19.7 Å². The topological polar surface area (TPSA) is 105 Å². The molecule has 1 saturated carbocycles. The minimum Gasteiger partial charge on any atom is -0.493 e. The van der Waals surface area contributed by atoms with E-state index in [1.54, 1.807) is 36.4 Å². The van der Waals surface area contributed by atoms with Crippen molar-refractivity contribution in [2.24, 2.45) is 0 Å². The summed E-state index contributed by atoms with van der Waals surface area (Å²) in [7, 11) is -1.47. The lowest BCUT2D eigenvalue weighted by Crippen LogP contribution is -2.54. The van der Waals surface area contributed by atoms with Crippen molar-refractivity contribution in [1.29, 1.82) is 0 Å². The molecule has 9 nitrogen and oxygen atoms in total. The molecule has 3 aromatic rings. The summed E-state index contributed by atoms with van der Waals surface area (Å²) in [5.74, 6) is -0.275. The fourth-order valence-electron chi connectivity index (χ4n) is 5.51. The number of anilines is 1. The zero-order valence-corrected chi connectivity index (χ0v) is 28.0. The van der Waals surface area contributed by atoms with E-state index in [9.17, 15) is 18.0 Å². The largest absolute Gasteiger partial charge is 0.493 e. The molecule has 1 N–H and O–H groups in total. The third-order valence-electron chi connectivity index (χ3n) is 7.97. The van der Waals surface area contributed by atoms with Crippen molar-refractivity contribution in [3.05, 3.63) is 82.3 Å². The summed E-state index contributed by atoms with van der Waals surface area (Å²) >= 11 is 12.6. The average molecular weight is 677 g/mol. The monoisotopic (exact) mass is 675 g/mol. The lowest BCUT2D eigenvalue weighted by atomic mass is 9.95. The smallest absolute Gasteiger partial charge is 0.264 e. The van der Waals surface area contributed by atoms with Crippen LogP contribution in [0.1, 0.15) is 51.0 Å². The molecule has 2 amide bonds. The highest BCUT2D eigenvalue weighted by molar-refractivity contribution is 7.92. The van der Waals surface area contributed by atoms with Crippen molar-refractivity contribution in [2.75, 3.05) is 25.1 Å². The summed E-state index contributed by atoms with van der Waals surface area (Å²) in [4.78, 5) is 29.3. The van der Waals surface area contributed by atoms with E-state index in [0.717, 1.165) is 36.4 Å². The lowest BCUT2D eigenvalue weighted by Gasteiger charge is -2.34. The summed E-state index contributed by atoms with van der Waals surface area (Å²) in [5, 5.41) is 3.98. The summed E-state index contributed by atoms with van der Waals surface area (Å²) in [6, 6.07) is 16.6. The number of nitrogens with zero attached hydrogens (tertiary/aromatic N) is 2. The molecule has 0 saturated heterocycles. The number of hydrogen-bond donors (Lipinski definition) is 1. The Balaban J connectivity index is 1.74. The van der Waals surface area contributed by atoms with Gasteiger partial charge in [-0.15, -0.1) is 0 Å². The molecular weight excluding hydrogens is 637 g/mol. The summed E-state index contributed by atoms with van der Waals surface area (Å²) < 4.78 is 40.1. The number of sulfonamides is 1. The van der Waals surface area contributed by atoms with Crippen LogP contribution in [0.5, 0.6) is 11.5 Å². The van der Waals surface area contributed by atoms with Crippen molar-refractivity contribution in [1.82, 2.24) is 10.2 Å². The number of amides is 2. The molecular formula is C33H39Cl2N3O6S. The van der Waals surface area contributed by atoms with E-state index in [2.05, 4.69) is 5.32 Å². The Morgan fingerprint density at radius 1 is 0.933 bits per heavy atom. The van der Waals surface area contributed by atoms with Crippen molar-refractivity contribution in [3.63, 3.8) is 0 Å². The summed E-state index contributed by atoms with van der Waals surface area (Å²) in [6.45, 7) is 1.26. The molecule has 1 fully saturated rings. The van der Waals surface area contributed by atoms with E-state index >= 15 is 0 Å². The zero-order chi connectivity index (χ0) is 32.6. The van der Waals surface area contributed by atoms with Gasteiger partial charge in [0.05, 0.1) is 24.8 Å². The van der Waals surface area contributed by atoms with Crippen molar-refractivity contribution in [3.8, 4) is 11.5 Å². The highest BCUT2D eigenvalue weighted by Gasteiger charge is 2.35. The maximum atomic E-state index is 14.3. The van der Waals surface area contributed by atoms with E-state index in [-0.39, 0.29) is 34.8 Å². The Morgan fingerprint density at radius 3 is 2.22 bits per heavy atom. The van der Waals surface area contributed by atoms with Crippen LogP contribution < -0.4 is 19.1 Å². The maximum Gasteiger partial charge on any atom is 0.264 e. The Bertz CT molecular complexity index is 1580. The third-order valence-corrected chi connectivity index (χ3v) is 10.4. The SMILES string of the molecule is CC[C@H](C(=O)NC1CCCCC1)N(Cc1ccccc1Cl)C(=O)CN(c1ccc(Cl)cc1)S(=O)(=O)c1ccc(OC)c(OC)c1. The molecule has 45 heavy (non-hydrogen) atoms. The predicted octanol–water partition coefficient (Wildman–Crippen LogP) is 6.46. The second kappa shape index (κ2) is 15.7. The molecule has 242 valence electrons. The van der Waals surface area contributed by atoms with Crippen LogP contribution >= 0.6 is 23.2 Å². The number of benzene rings is 3. The number of hydrogen-bond acceptors (Lipinski definition) is 6. The lowest BCUT2D eigenvalue weighted by molar-refractivity contribution is -0.140. The van der Waals surface area contributed by atoms with E-state index in [1.165, 1.54) is 49.5 Å². The van der Waals surface area contributed by atoms with Crippen LogP contribution in [0.2, 0.25) is 10.0 Å². The Kier molecular flexibility index (Phi) is 12.0. The zero-order valence-electron chi connectivity index (χ0n) is 25.7. The molecule has 4 rings (SSSR count). The minimum atomic E-state index is -4.33. The molecule has 1 aliphatic rings. The van der Waals surface area contributed by atoms with Crippen LogP contribution in [0.4, 0.5) is 5.69 Å². The van der Waals surface area contributed by atoms with E-state index < -0.39 is 28.5 Å². The van der Waals surface area contributed by atoms with Crippen LogP contribution in [0.3, 0.4) is 0 Å². The molecule has 0 spiro atoms. The van der Waals surface area contributed by atoms with Gasteiger partial charge >= 0.3 is 0 Å². The number of carbonyl (C=O) groups excluding carboxylic acids is 2. The third kappa shape index (κ3) is 8.42. The maximum absolute atomic E-state index is 14.3. The summed E-state index contributed by atoms with van der Waals surface area (Å²) in [5.41, 5.74) is 0.858. The van der Waals surface area contributed by atoms with Crippen LogP contribution in [0, 0.1) is 0 Å². The Morgan fingerprint density at radius 2 is 1.60 bits per heavy atom. The highest BCUT2D eigenvalue weighted by Crippen LogP contribution is 2.33.